The molecule has 1 fully saturated rings. The summed E-state index contributed by atoms with van der Waals surface area (Å²) in [6.45, 7) is 1.31. The molecule has 0 spiro atoms. The SMILES string of the molecule is COC1CCN(C(=O)C(C(N)=S)c2ccccc2)C1. The van der Waals surface area contributed by atoms with Crippen LogP contribution in [0.2, 0.25) is 0 Å². The average molecular weight is 278 g/mol. The normalized spacial score (nSPS) is 20.3. The number of likely N-dealkylation sites (tertiary alicyclic amines) is 1. The second kappa shape index (κ2) is 6.12. The first-order chi connectivity index (χ1) is 9.13. The van der Waals surface area contributed by atoms with E-state index in [9.17, 15) is 4.79 Å². The van der Waals surface area contributed by atoms with Crippen molar-refractivity contribution in [2.75, 3.05) is 20.2 Å². The van der Waals surface area contributed by atoms with Crippen molar-refractivity contribution in [2.45, 2.75) is 18.4 Å². The molecule has 1 aromatic carbocycles. The van der Waals surface area contributed by atoms with Gasteiger partial charge in [-0.25, -0.2) is 0 Å². The number of nitrogens with zero attached hydrogens (tertiary/aromatic N) is 1. The lowest BCUT2D eigenvalue weighted by molar-refractivity contribution is -0.130. The van der Waals surface area contributed by atoms with Crippen LogP contribution in [0.3, 0.4) is 0 Å². The van der Waals surface area contributed by atoms with Gasteiger partial charge < -0.3 is 15.4 Å². The maximum Gasteiger partial charge on any atom is 0.237 e. The Kier molecular flexibility index (Phi) is 4.50. The zero-order valence-corrected chi connectivity index (χ0v) is 11.7. The van der Waals surface area contributed by atoms with E-state index in [-0.39, 0.29) is 17.0 Å². The molecule has 0 bridgehead atoms. The fourth-order valence-electron chi connectivity index (χ4n) is 2.38. The number of ether oxygens (including phenoxy) is 1. The average Bonchev–Trinajstić information content (AvgIpc) is 2.88. The van der Waals surface area contributed by atoms with Crippen molar-refractivity contribution in [3.05, 3.63) is 35.9 Å². The Bertz CT molecular complexity index is 464. The highest BCUT2D eigenvalue weighted by molar-refractivity contribution is 7.80. The lowest BCUT2D eigenvalue weighted by Gasteiger charge is -2.23. The van der Waals surface area contributed by atoms with Crippen molar-refractivity contribution < 1.29 is 9.53 Å². The lowest BCUT2D eigenvalue weighted by Crippen LogP contribution is -2.39. The summed E-state index contributed by atoms with van der Waals surface area (Å²) in [5, 5.41) is 0. The van der Waals surface area contributed by atoms with Gasteiger partial charge in [0.25, 0.3) is 0 Å². The Morgan fingerprint density at radius 2 is 2.16 bits per heavy atom. The second-order valence-electron chi connectivity index (χ2n) is 4.68. The summed E-state index contributed by atoms with van der Waals surface area (Å²) in [7, 11) is 1.67. The molecule has 1 aliphatic rings. The predicted octanol–water partition coefficient (Wildman–Crippen LogP) is 1.30. The van der Waals surface area contributed by atoms with Gasteiger partial charge in [-0.1, -0.05) is 42.5 Å². The molecule has 0 aliphatic carbocycles. The number of carbonyl (C=O) groups is 1. The minimum Gasteiger partial charge on any atom is -0.392 e. The summed E-state index contributed by atoms with van der Waals surface area (Å²) in [5.74, 6) is -0.565. The predicted molar refractivity (Wildman–Crippen MR) is 78.0 cm³/mol. The van der Waals surface area contributed by atoms with E-state index in [4.69, 9.17) is 22.7 Å². The smallest absolute Gasteiger partial charge is 0.237 e. The zero-order chi connectivity index (χ0) is 13.8. The van der Waals surface area contributed by atoms with Crippen LogP contribution >= 0.6 is 12.2 Å². The minimum absolute atomic E-state index is 0.0294. The molecule has 1 heterocycles. The maximum atomic E-state index is 12.6. The molecule has 19 heavy (non-hydrogen) atoms. The number of carbonyl (C=O) groups excluding carboxylic acids is 1. The molecule has 0 radical (unpaired) electrons. The number of nitrogens with two attached hydrogens (primary N) is 1. The van der Waals surface area contributed by atoms with Crippen molar-refractivity contribution >= 4 is 23.1 Å². The molecule has 4 nitrogen and oxygen atoms in total. The molecule has 102 valence electrons. The zero-order valence-electron chi connectivity index (χ0n) is 10.9. The van der Waals surface area contributed by atoms with Crippen LogP contribution in [0.5, 0.6) is 0 Å². The highest BCUT2D eigenvalue weighted by atomic mass is 32.1. The third-order valence-electron chi connectivity index (χ3n) is 3.45. The van der Waals surface area contributed by atoms with E-state index in [0.29, 0.717) is 13.1 Å². The van der Waals surface area contributed by atoms with Gasteiger partial charge in [0.1, 0.15) is 5.92 Å². The Balaban J connectivity index is 2.17. The van der Waals surface area contributed by atoms with Crippen LogP contribution in [-0.4, -0.2) is 42.1 Å². The van der Waals surface area contributed by atoms with Gasteiger partial charge in [-0.15, -0.1) is 0 Å². The second-order valence-corrected chi connectivity index (χ2v) is 5.15. The van der Waals surface area contributed by atoms with E-state index >= 15 is 0 Å². The maximum absolute atomic E-state index is 12.6. The van der Waals surface area contributed by atoms with Crippen LogP contribution in [0.1, 0.15) is 17.9 Å². The first-order valence-electron chi connectivity index (χ1n) is 6.29. The fraction of sp³-hybridized carbons (Fsp3) is 0.429. The third kappa shape index (κ3) is 3.11. The summed E-state index contributed by atoms with van der Waals surface area (Å²) in [6.07, 6.45) is 0.980. The van der Waals surface area contributed by atoms with E-state index in [2.05, 4.69) is 0 Å². The van der Waals surface area contributed by atoms with Crippen LogP contribution in [0, 0.1) is 0 Å². The van der Waals surface area contributed by atoms with Crippen molar-refractivity contribution in [1.82, 2.24) is 4.90 Å². The van der Waals surface area contributed by atoms with Crippen LogP contribution in [0.4, 0.5) is 0 Å². The largest absolute Gasteiger partial charge is 0.392 e. The summed E-state index contributed by atoms with van der Waals surface area (Å²) < 4.78 is 5.28. The van der Waals surface area contributed by atoms with Crippen molar-refractivity contribution in [2.24, 2.45) is 5.73 Å². The molecule has 2 N–H and O–H groups in total. The van der Waals surface area contributed by atoms with Crippen LogP contribution in [-0.2, 0) is 9.53 Å². The standard InChI is InChI=1S/C14H18N2O2S/c1-18-11-7-8-16(9-11)14(17)12(13(15)19)10-5-3-2-4-6-10/h2-6,11-12H,7-9H2,1H3,(H2,15,19). The number of hydrogen-bond acceptors (Lipinski definition) is 3. The van der Waals surface area contributed by atoms with Gasteiger partial charge in [-0.2, -0.15) is 0 Å². The topological polar surface area (TPSA) is 55.6 Å². The van der Waals surface area contributed by atoms with Crippen LogP contribution < -0.4 is 5.73 Å². The van der Waals surface area contributed by atoms with Gasteiger partial charge in [0, 0.05) is 20.2 Å². The van der Waals surface area contributed by atoms with Crippen LogP contribution in [0.25, 0.3) is 0 Å². The first-order valence-corrected chi connectivity index (χ1v) is 6.70. The Morgan fingerprint density at radius 3 is 2.68 bits per heavy atom. The van der Waals surface area contributed by atoms with Crippen molar-refractivity contribution in [1.29, 1.82) is 0 Å². The van der Waals surface area contributed by atoms with E-state index < -0.39 is 5.92 Å². The Morgan fingerprint density at radius 1 is 1.47 bits per heavy atom. The molecular formula is C14H18N2O2S. The lowest BCUT2D eigenvalue weighted by atomic mass is 9.98. The van der Waals surface area contributed by atoms with Gasteiger partial charge in [-0.3, -0.25) is 4.79 Å². The summed E-state index contributed by atoms with van der Waals surface area (Å²) in [5.41, 5.74) is 6.61. The van der Waals surface area contributed by atoms with E-state index in [0.717, 1.165) is 12.0 Å². The molecule has 2 unspecified atom stereocenters. The number of methoxy groups -OCH3 is 1. The van der Waals surface area contributed by atoms with Gasteiger partial charge in [0.05, 0.1) is 11.1 Å². The molecule has 0 aromatic heterocycles. The first kappa shape index (κ1) is 14.0. The van der Waals surface area contributed by atoms with Gasteiger partial charge in [0.15, 0.2) is 0 Å². The molecule has 1 saturated heterocycles. The quantitative estimate of drug-likeness (QED) is 0.844. The Hall–Kier alpha value is -1.46. The molecule has 2 rings (SSSR count). The highest BCUT2D eigenvalue weighted by Crippen LogP contribution is 2.22. The molecule has 5 heteroatoms. The molecule has 1 aromatic rings. The number of thiocarbonyl (C=S) groups is 1. The third-order valence-corrected chi connectivity index (χ3v) is 3.69. The minimum atomic E-state index is -0.535. The summed E-state index contributed by atoms with van der Waals surface area (Å²) in [4.78, 5) is 14.6. The summed E-state index contributed by atoms with van der Waals surface area (Å²) in [6, 6.07) is 9.43. The monoisotopic (exact) mass is 278 g/mol. The number of rotatable bonds is 4. The van der Waals surface area contributed by atoms with E-state index in [1.807, 2.05) is 30.3 Å². The molecule has 0 saturated carbocycles. The highest BCUT2D eigenvalue weighted by Gasteiger charge is 2.33. The molecule has 1 aliphatic heterocycles. The van der Waals surface area contributed by atoms with Gasteiger partial charge in [-0.05, 0) is 12.0 Å². The molecule has 2 atom stereocenters. The van der Waals surface area contributed by atoms with Gasteiger partial charge in [0.2, 0.25) is 5.91 Å². The molecular weight excluding hydrogens is 260 g/mol. The summed E-state index contributed by atoms with van der Waals surface area (Å²) >= 11 is 5.07. The fourth-order valence-corrected chi connectivity index (χ4v) is 2.61. The van der Waals surface area contributed by atoms with Crippen molar-refractivity contribution in [3.63, 3.8) is 0 Å². The van der Waals surface area contributed by atoms with E-state index in [1.54, 1.807) is 12.0 Å². The van der Waals surface area contributed by atoms with E-state index in [1.165, 1.54) is 0 Å². The van der Waals surface area contributed by atoms with Crippen LogP contribution in [0.15, 0.2) is 30.3 Å². The molecule has 1 amide bonds. The Labute approximate surface area is 118 Å². The number of benzene rings is 1. The van der Waals surface area contributed by atoms with Crippen molar-refractivity contribution in [3.8, 4) is 0 Å². The van der Waals surface area contributed by atoms with Gasteiger partial charge >= 0.3 is 0 Å². The number of amides is 1. The number of hydrogen-bond donors (Lipinski definition) is 1.